The Labute approximate surface area is 145 Å². The summed E-state index contributed by atoms with van der Waals surface area (Å²) in [6.45, 7) is 2.78. The van der Waals surface area contributed by atoms with E-state index in [1.165, 1.54) is 11.0 Å². The minimum absolute atomic E-state index is 0.421. The highest BCUT2D eigenvalue weighted by molar-refractivity contribution is 5.91. The zero-order valence-corrected chi connectivity index (χ0v) is 13.8. The molecule has 1 aromatic heterocycles. The summed E-state index contributed by atoms with van der Waals surface area (Å²) >= 11 is 0. The summed E-state index contributed by atoms with van der Waals surface area (Å²) in [6, 6.07) is 13.8. The van der Waals surface area contributed by atoms with Crippen LogP contribution in [0.3, 0.4) is 0 Å². The van der Waals surface area contributed by atoms with E-state index in [-0.39, 0.29) is 0 Å². The number of esters is 1. The van der Waals surface area contributed by atoms with E-state index in [1.807, 2.05) is 0 Å². The topological polar surface area (TPSA) is 79.1 Å². The quantitative estimate of drug-likeness (QED) is 0.374. The Morgan fingerprint density at radius 2 is 1.76 bits per heavy atom. The first-order valence-corrected chi connectivity index (χ1v) is 8.05. The van der Waals surface area contributed by atoms with Crippen molar-refractivity contribution in [3.63, 3.8) is 0 Å². The van der Waals surface area contributed by atoms with E-state index >= 15 is 0 Å². The summed E-state index contributed by atoms with van der Waals surface area (Å²) in [5, 5.41) is 10.9. The molecule has 0 spiro atoms. The molecule has 7 heteroatoms. The molecule has 3 rings (SSSR count). The summed E-state index contributed by atoms with van der Waals surface area (Å²) in [5.41, 5.74) is 1.24. The summed E-state index contributed by atoms with van der Waals surface area (Å²) in [4.78, 5) is 12.2. The van der Waals surface area contributed by atoms with Crippen LogP contribution < -0.4 is 9.47 Å². The Morgan fingerprint density at radius 3 is 2.40 bits per heavy atom. The largest absolute Gasteiger partial charge is 0.494 e. The number of carbonyl (C=O) groups is 1. The fourth-order valence-electron chi connectivity index (χ4n) is 2.13. The number of ether oxygens (including phenoxy) is 2. The number of nitrogens with zero attached hydrogens (tertiary/aromatic N) is 4. The third-order valence-corrected chi connectivity index (χ3v) is 3.52. The Kier molecular flexibility index (Phi) is 5.36. The molecule has 0 unspecified atom stereocenters. The molecular formula is C18H18N4O3. The molecule has 128 valence electrons. The van der Waals surface area contributed by atoms with Gasteiger partial charge in [0.2, 0.25) is 0 Å². The molecular weight excluding hydrogens is 320 g/mol. The molecule has 2 aromatic carbocycles. The number of tetrazole rings is 1. The summed E-state index contributed by atoms with van der Waals surface area (Å²) in [6.07, 6.45) is 3.58. The van der Waals surface area contributed by atoms with Gasteiger partial charge in [0, 0.05) is 0 Å². The molecule has 0 bridgehead atoms. The van der Waals surface area contributed by atoms with E-state index in [0.29, 0.717) is 17.9 Å². The van der Waals surface area contributed by atoms with Crippen molar-refractivity contribution in [2.75, 3.05) is 6.61 Å². The van der Waals surface area contributed by atoms with E-state index in [4.69, 9.17) is 9.47 Å². The zero-order valence-electron chi connectivity index (χ0n) is 13.8. The second kappa shape index (κ2) is 8.05. The van der Waals surface area contributed by atoms with E-state index in [0.717, 1.165) is 24.3 Å². The van der Waals surface area contributed by atoms with Crippen molar-refractivity contribution in [1.82, 2.24) is 20.2 Å². The monoisotopic (exact) mass is 338 g/mol. The fraction of sp³-hybridized carbons (Fsp3) is 0.222. The van der Waals surface area contributed by atoms with Crippen LogP contribution in [0.25, 0.3) is 5.69 Å². The normalized spacial score (nSPS) is 10.4. The second-order valence-corrected chi connectivity index (χ2v) is 5.36. The molecule has 25 heavy (non-hydrogen) atoms. The third kappa shape index (κ3) is 4.41. The van der Waals surface area contributed by atoms with Gasteiger partial charge >= 0.3 is 5.97 Å². The van der Waals surface area contributed by atoms with Crippen molar-refractivity contribution < 1.29 is 14.3 Å². The van der Waals surface area contributed by atoms with Gasteiger partial charge in [0.25, 0.3) is 0 Å². The number of carbonyl (C=O) groups excluding carboxylic acids is 1. The van der Waals surface area contributed by atoms with Gasteiger partial charge in [-0.25, -0.2) is 9.48 Å². The molecule has 0 saturated carbocycles. The standard InChI is InChI=1S/C18H18N4O3/c1-2-3-12-24-16-8-4-14(5-9-16)18(23)25-17-10-6-15(7-11-17)22-13-19-20-21-22/h4-11,13H,2-3,12H2,1H3. The van der Waals surface area contributed by atoms with E-state index in [9.17, 15) is 4.79 Å². The Morgan fingerprint density at radius 1 is 1.04 bits per heavy atom. The number of unbranched alkanes of at least 4 members (excludes halogenated alkanes) is 1. The van der Waals surface area contributed by atoms with Crippen molar-refractivity contribution in [1.29, 1.82) is 0 Å². The summed E-state index contributed by atoms with van der Waals surface area (Å²) in [5.74, 6) is 0.774. The number of hydrogen-bond donors (Lipinski definition) is 0. The van der Waals surface area contributed by atoms with Crippen molar-refractivity contribution in [2.24, 2.45) is 0 Å². The molecule has 0 amide bonds. The van der Waals surface area contributed by atoms with Crippen molar-refractivity contribution in [2.45, 2.75) is 19.8 Å². The lowest BCUT2D eigenvalue weighted by Crippen LogP contribution is -2.08. The van der Waals surface area contributed by atoms with Crippen LogP contribution in [-0.2, 0) is 0 Å². The molecule has 3 aromatic rings. The van der Waals surface area contributed by atoms with Crippen LogP contribution in [0.2, 0.25) is 0 Å². The minimum Gasteiger partial charge on any atom is -0.494 e. The SMILES string of the molecule is CCCCOc1ccc(C(=O)Oc2ccc(-n3cnnn3)cc2)cc1. The number of aromatic nitrogens is 4. The average Bonchev–Trinajstić information content (AvgIpc) is 3.18. The van der Waals surface area contributed by atoms with Crippen LogP contribution in [0.5, 0.6) is 11.5 Å². The zero-order chi connectivity index (χ0) is 17.5. The van der Waals surface area contributed by atoms with Crippen molar-refractivity contribution in [3.8, 4) is 17.2 Å². The maximum atomic E-state index is 12.2. The maximum absolute atomic E-state index is 12.2. The third-order valence-electron chi connectivity index (χ3n) is 3.52. The minimum atomic E-state index is -0.421. The second-order valence-electron chi connectivity index (χ2n) is 5.36. The Hall–Kier alpha value is -3.22. The average molecular weight is 338 g/mol. The predicted octanol–water partition coefficient (Wildman–Crippen LogP) is 3.06. The van der Waals surface area contributed by atoms with Gasteiger partial charge in [-0.2, -0.15) is 0 Å². The van der Waals surface area contributed by atoms with Gasteiger partial charge in [-0.3, -0.25) is 0 Å². The number of benzene rings is 2. The summed E-state index contributed by atoms with van der Waals surface area (Å²) < 4.78 is 12.5. The van der Waals surface area contributed by atoms with Gasteiger partial charge in [-0.1, -0.05) is 13.3 Å². The Balaban J connectivity index is 1.60. The lowest BCUT2D eigenvalue weighted by Gasteiger charge is -2.07. The van der Waals surface area contributed by atoms with Gasteiger partial charge in [-0.15, -0.1) is 5.10 Å². The summed E-state index contributed by atoms with van der Waals surface area (Å²) in [7, 11) is 0. The predicted molar refractivity (Wildman–Crippen MR) is 91.0 cm³/mol. The molecule has 0 N–H and O–H groups in total. The number of hydrogen-bond acceptors (Lipinski definition) is 6. The van der Waals surface area contributed by atoms with Gasteiger partial charge in [0.1, 0.15) is 17.8 Å². The van der Waals surface area contributed by atoms with Crippen LogP contribution in [-0.4, -0.2) is 32.8 Å². The Bertz CT molecular complexity index is 799. The molecule has 0 saturated heterocycles. The molecule has 0 atom stereocenters. The molecule has 0 radical (unpaired) electrons. The van der Waals surface area contributed by atoms with E-state index in [1.54, 1.807) is 48.5 Å². The highest BCUT2D eigenvalue weighted by atomic mass is 16.5. The van der Waals surface area contributed by atoms with Gasteiger partial charge in [-0.05, 0) is 65.4 Å². The fourth-order valence-corrected chi connectivity index (χ4v) is 2.13. The first-order valence-electron chi connectivity index (χ1n) is 8.05. The highest BCUT2D eigenvalue weighted by Crippen LogP contribution is 2.18. The molecule has 0 aliphatic carbocycles. The molecule has 0 aliphatic heterocycles. The first-order chi connectivity index (χ1) is 12.3. The highest BCUT2D eigenvalue weighted by Gasteiger charge is 2.09. The van der Waals surface area contributed by atoms with Crippen LogP contribution in [0.15, 0.2) is 54.9 Å². The van der Waals surface area contributed by atoms with Crippen LogP contribution in [0, 0.1) is 0 Å². The van der Waals surface area contributed by atoms with Crippen molar-refractivity contribution in [3.05, 3.63) is 60.4 Å². The van der Waals surface area contributed by atoms with E-state index in [2.05, 4.69) is 22.4 Å². The first kappa shape index (κ1) is 16.6. The molecule has 7 nitrogen and oxygen atoms in total. The maximum Gasteiger partial charge on any atom is 0.343 e. The van der Waals surface area contributed by atoms with Gasteiger partial charge < -0.3 is 9.47 Å². The van der Waals surface area contributed by atoms with Crippen LogP contribution in [0.1, 0.15) is 30.1 Å². The molecule has 0 aliphatic rings. The van der Waals surface area contributed by atoms with Crippen LogP contribution >= 0.6 is 0 Å². The van der Waals surface area contributed by atoms with Crippen molar-refractivity contribution >= 4 is 5.97 Å². The van der Waals surface area contributed by atoms with Crippen LogP contribution in [0.4, 0.5) is 0 Å². The number of rotatable bonds is 7. The lowest BCUT2D eigenvalue weighted by atomic mass is 10.2. The van der Waals surface area contributed by atoms with Gasteiger partial charge in [0.15, 0.2) is 0 Å². The van der Waals surface area contributed by atoms with Gasteiger partial charge in [0.05, 0.1) is 17.9 Å². The lowest BCUT2D eigenvalue weighted by molar-refractivity contribution is 0.0734. The molecule has 1 heterocycles. The molecule has 0 fully saturated rings. The smallest absolute Gasteiger partial charge is 0.343 e. The van der Waals surface area contributed by atoms with E-state index < -0.39 is 5.97 Å².